The predicted octanol–water partition coefficient (Wildman–Crippen LogP) is 0.0764. The van der Waals surface area contributed by atoms with E-state index in [9.17, 15) is 4.79 Å². The Hall–Kier alpha value is -2.67. The Kier molecular flexibility index (Phi) is 6.59. The fourth-order valence-electron chi connectivity index (χ4n) is 2.69. The van der Waals surface area contributed by atoms with E-state index in [0.29, 0.717) is 5.16 Å². The lowest BCUT2D eigenvalue weighted by atomic mass is 10.2. The van der Waals surface area contributed by atoms with E-state index in [1.165, 1.54) is 28.4 Å². The molecule has 8 nitrogen and oxygen atoms in total. The molecule has 1 aliphatic heterocycles. The molecular formula is C18H21N6O2S+. The van der Waals surface area contributed by atoms with Crippen molar-refractivity contribution in [1.29, 1.82) is 5.26 Å². The Bertz CT molecular complexity index is 831. The lowest BCUT2D eigenvalue weighted by Crippen LogP contribution is -3.12. The summed E-state index contributed by atoms with van der Waals surface area (Å²) in [5.41, 5.74) is 7.86. The Morgan fingerprint density at radius 1 is 1.33 bits per heavy atom. The van der Waals surface area contributed by atoms with Crippen LogP contribution in [0.4, 0.5) is 11.5 Å². The van der Waals surface area contributed by atoms with Gasteiger partial charge in [-0.2, -0.15) is 5.26 Å². The number of nitrogens with one attached hydrogen (secondary N) is 2. The summed E-state index contributed by atoms with van der Waals surface area (Å²) in [4.78, 5) is 21.6. The Morgan fingerprint density at radius 2 is 2.07 bits per heavy atom. The molecule has 1 fully saturated rings. The number of hydrogen-bond acceptors (Lipinski definition) is 7. The fraction of sp³-hybridized carbons (Fsp3) is 0.333. The van der Waals surface area contributed by atoms with Gasteiger partial charge in [-0.15, -0.1) is 0 Å². The molecule has 1 aromatic heterocycles. The highest BCUT2D eigenvalue weighted by Gasteiger charge is 2.14. The summed E-state index contributed by atoms with van der Waals surface area (Å²) in [6.07, 6.45) is 1.36. The maximum absolute atomic E-state index is 12.1. The first-order valence-corrected chi connectivity index (χ1v) is 9.58. The summed E-state index contributed by atoms with van der Waals surface area (Å²) >= 11 is 1.17. The molecule has 0 atom stereocenters. The first-order chi connectivity index (χ1) is 13.1. The highest BCUT2D eigenvalue weighted by atomic mass is 32.2. The number of nitrogens with zero attached hydrogens (tertiary/aromatic N) is 3. The summed E-state index contributed by atoms with van der Waals surface area (Å²) in [6, 6.07) is 9.80. The van der Waals surface area contributed by atoms with Crippen molar-refractivity contribution in [3.8, 4) is 6.07 Å². The predicted molar refractivity (Wildman–Crippen MR) is 102 cm³/mol. The van der Waals surface area contributed by atoms with Gasteiger partial charge in [-0.1, -0.05) is 23.9 Å². The number of nitrogen functional groups attached to an aromatic ring is 1. The van der Waals surface area contributed by atoms with Gasteiger partial charge in [-0.3, -0.25) is 4.79 Å². The van der Waals surface area contributed by atoms with Crippen LogP contribution >= 0.6 is 11.8 Å². The fourth-order valence-corrected chi connectivity index (χ4v) is 3.31. The molecule has 0 saturated carbocycles. The third-order valence-corrected chi connectivity index (χ3v) is 5.00. The van der Waals surface area contributed by atoms with Crippen LogP contribution < -0.4 is 16.0 Å². The zero-order valence-corrected chi connectivity index (χ0v) is 15.6. The molecule has 1 aromatic carbocycles. The van der Waals surface area contributed by atoms with Crippen molar-refractivity contribution in [2.75, 3.05) is 43.1 Å². The van der Waals surface area contributed by atoms with Gasteiger partial charge in [0.05, 0.1) is 25.2 Å². The van der Waals surface area contributed by atoms with Crippen molar-refractivity contribution >= 4 is 29.2 Å². The largest absolute Gasteiger partial charge is 0.382 e. The van der Waals surface area contributed by atoms with Gasteiger partial charge in [0.1, 0.15) is 37.1 Å². The van der Waals surface area contributed by atoms with Crippen LogP contribution in [0.3, 0.4) is 0 Å². The zero-order valence-electron chi connectivity index (χ0n) is 14.8. The molecule has 1 amide bonds. The molecule has 2 aromatic rings. The first-order valence-electron chi connectivity index (χ1n) is 8.59. The molecule has 0 bridgehead atoms. The van der Waals surface area contributed by atoms with Gasteiger partial charge >= 0.3 is 0 Å². The lowest BCUT2D eigenvalue weighted by molar-refractivity contribution is -0.921. The van der Waals surface area contributed by atoms with Gasteiger partial charge < -0.3 is 20.7 Å². The molecule has 27 heavy (non-hydrogen) atoms. The van der Waals surface area contributed by atoms with E-state index in [1.54, 1.807) is 0 Å². The topological polar surface area (TPSA) is 118 Å². The van der Waals surface area contributed by atoms with Crippen molar-refractivity contribution in [2.45, 2.75) is 11.7 Å². The minimum atomic E-state index is -0.155. The molecule has 2 heterocycles. The van der Waals surface area contributed by atoms with E-state index < -0.39 is 0 Å². The molecule has 0 aliphatic carbocycles. The number of benzene rings is 1. The van der Waals surface area contributed by atoms with Gasteiger partial charge in [0.25, 0.3) is 0 Å². The maximum atomic E-state index is 12.1. The van der Waals surface area contributed by atoms with Crippen LogP contribution in [0, 0.1) is 11.3 Å². The smallest absolute Gasteiger partial charge is 0.234 e. The molecule has 140 valence electrons. The van der Waals surface area contributed by atoms with Crippen molar-refractivity contribution in [3.05, 3.63) is 41.6 Å². The second-order valence-electron chi connectivity index (χ2n) is 6.14. The maximum Gasteiger partial charge on any atom is 0.234 e. The highest BCUT2D eigenvalue weighted by Crippen LogP contribution is 2.16. The summed E-state index contributed by atoms with van der Waals surface area (Å²) < 4.78 is 5.37. The number of rotatable bonds is 6. The van der Waals surface area contributed by atoms with E-state index in [1.807, 2.05) is 30.3 Å². The minimum Gasteiger partial charge on any atom is -0.382 e. The van der Waals surface area contributed by atoms with Crippen LogP contribution in [-0.2, 0) is 16.1 Å². The highest BCUT2D eigenvalue weighted by molar-refractivity contribution is 7.99. The number of thioether (sulfide) groups is 1. The Balaban J connectivity index is 1.47. The van der Waals surface area contributed by atoms with Crippen LogP contribution in [0.25, 0.3) is 0 Å². The molecule has 3 rings (SSSR count). The minimum absolute atomic E-state index is 0.119. The Morgan fingerprint density at radius 3 is 2.74 bits per heavy atom. The SMILES string of the molecule is N#Cc1cnc(SCC(=O)Nc2ccc(C[NH+]3CCOCC3)cc2)nc1N. The van der Waals surface area contributed by atoms with Gasteiger partial charge in [-0.05, 0) is 12.1 Å². The van der Waals surface area contributed by atoms with Crippen molar-refractivity contribution in [3.63, 3.8) is 0 Å². The average molecular weight is 385 g/mol. The molecule has 1 saturated heterocycles. The van der Waals surface area contributed by atoms with E-state index in [4.69, 9.17) is 15.7 Å². The van der Waals surface area contributed by atoms with Crippen molar-refractivity contribution < 1.29 is 14.4 Å². The second kappa shape index (κ2) is 9.32. The van der Waals surface area contributed by atoms with E-state index in [0.717, 1.165) is 38.5 Å². The second-order valence-corrected chi connectivity index (χ2v) is 7.08. The van der Waals surface area contributed by atoms with Crippen LogP contribution in [0.5, 0.6) is 0 Å². The lowest BCUT2D eigenvalue weighted by Gasteiger charge is -2.23. The zero-order chi connectivity index (χ0) is 19.1. The molecule has 1 aliphatic rings. The number of ether oxygens (including phenoxy) is 1. The number of carbonyl (C=O) groups excluding carboxylic acids is 1. The number of carbonyl (C=O) groups is 1. The van der Waals surface area contributed by atoms with Crippen LogP contribution in [-0.4, -0.2) is 47.9 Å². The number of amides is 1. The molecule has 0 unspecified atom stereocenters. The van der Waals surface area contributed by atoms with Crippen molar-refractivity contribution in [2.24, 2.45) is 0 Å². The first kappa shape index (κ1) is 19.1. The van der Waals surface area contributed by atoms with Gasteiger partial charge in [0.15, 0.2) is 5.16 Å². The van der Waals surface area contributed by atoms with Crippen LogP contribution in [0.1, 0.15) is 11.1 Å². The van der Waals surface area contributed by atoms with Gasteiger partial charge in [0.2, 0.25) is 5.91 Å². The number of quaternary nitrogens is 1. The molecular weight excluding hydrogens is 364 g/mol. The van der Waals surface area contributed by atoms with Crippen LogP contribution in [0.15, 0.2) is 35.6 Å². The number of nitrogens with two attached hydrogens (primary N) is 1. The number of nitriles is 1. The third kappa shape index (κ3) is 5.65. The number of anilines is 2. The third-order valence-electron chi connectivity index (χ3n) is 4.14. The average Bonchev–Trinajstić information content (AvgIpc) is 2.69. The summed E-state index contributed by atoms with van der Waals surface area (Å²) in [7, 11) is 0. The van der Waals surface area contributed by atoms with E-state index in [-0.39, 0.29) is 23.0 Å². The van der Waals surface area contributed by atoms with Crippen molar-refractivity contribution in [1.82, 2.24) is 9.97 Å². The van der Waals surface area contributed by atoms with Crippen LogP contribution in [0.2, 0.25) is 0 Å². The molecule has 0 radical (unpaired) electrons. The monoisotopic (exact) mass is 385 g/mol. The number of aromatic nitrogens is 2. The molecule has 9 heteroatoms. The molecule has 0 spiro atoms. The van der Waals surface area contributed by atoms with Gasteiger partial charge in [-0.25, -0.2) is 9.97 Å². The van der Waals surface area contributed by atoms with E-state index in [2.05, 4.69) is 15.3 Å². The normalized spacial score (nSPS) is 14.5. The summed E-state index contributed by atoms with van der Waals surface area (Å²) in [5.74, 6) is 0.122. The van der Waals surface area contributed by atoms with Gasteiger partial charge in [0, 0.05) is 11.3 Å². The number of hydrogen-bond donors (Lipinski definition) is 3. The Labute approximate surface area is 161 Å². The quantitative estimate of drug-likeness (QED) is 0.476. The number of morpholine rings is 1. The molecule has 4 N–H and O–H groups in total. The standard InChI is InChI=1S/C18H20N6O2S/c19-9-14-10-21-18(23-17(14)20)27-12-16(25)22-15-3-1-13(2-4-15)11-24-5-7-26-8-6-24/h1-4,10H,5-8,11-12H2,(H,22,25)(H2,20,21,23)/p+1. The van der Waals surface area contributed by atoms with E-state index >= 15 is 0 Å². The summed E-state index contributed by atoms with van der Waals surface area (Å²) in [5, 5.41) is 12.0. The summed E-state index contributed by atoms with van der Waals surface area (Å²) in [6.45, 7) is 4.64.